The van der Waals surface area contributed by atoms with Crippen LogP contribution in [0.2, 0.25) is 5.02 Å². The lowest BCUT2D eigenvalue weighted by molar-refractivity contribution is 0.585. The summed E-state index contributed by atoms with van der Waals surface area (Å²) in [6.45, 7) is 2.03. The number of aromatic nitrogens is 1. The number of rotatable bonds is 4. The minimum atomic E-state index is 0.233. The van der Waals surface area contributed by atoms with Gasteiger partial charge in [0.15, 0.2) is 0 Å². The molecule has 0 aliphatic carbocycles. The molecule has 0 aliphatic heterocycles. The zero-order chi connectivity index (χ0) is 13.1. The van der Waals surface area contributed by atoms with E-state index in [1.165, 1.54) is 5.56 Å². The fraction of sp³-hybridized carbons (Fsp3) is 0.308. The maximum absolute atomic E-state index is 6.13. The van der Waals surface area contributed by atoms with Gasteiger partial charge in [-0.2, -0.15) is 0 Å². The first-order valence-corrected chi connectivity index (χ1v) is 7.68. The Morgan fingerprint density at radius 1 is 1.50 bits per heavy atom. The second-order valence-electron chi connectivity index (χ2n) is 4.08. The van der Waals surface area contributed by atoms with Crippen molar-refractivity contribution in [3.8, 4) is 0 Å². The summed E-state index contributed by atoms with van der Waals surface area (Å²) in [7, 11) is 1.96. The maximum atomic E-state index is 6.13. The standard InChI is InChI=1S/C13H14BrClN2S/c1-8-17-10(7-18-8)6-13(16-2)9-3-4-11(14)12(15)5-9/h3-5,7,13,16H,6H2,1-2H3. The van der Waals surface area contributed by atoms with Crippen LogP contribution in [0.1, 0.15) is 22.3 Å². The molecule has 18 heavy (non-hydrogen) atoms. The molecule has 0 saturated heterocycles. The Kier molecular flexibility index (Phi) is 4.78. The third-order valence-corrected chi connectivity index (χ3v) is 4.83. The highest BCUT2D eigenvalue weighted by Gasteiger charge is 2.13. The molecule has 2 nitrogen and oxygen atoms in total. The van der Waals surface area contributed by atoms with Crippen molar-refractivity contribution in [3.05, 3.63) is 49.3 Å². The second-order valence-corrected chi connectivity index (χ2v) is 6.40. The van der Waals surface area contributed by atoms with Gasteiger partial charge in [0.2, 0.25) is 0 Å². The van der Waals surface area contributed by atoms with Crippen molar-refractivity contribution in [2.75, 3.05) is 7.05 Å². The van der Waals surface area contributed by atoms with Gasteiger partial charge in [-0.15, -0.1) is 11.3 Å². The fourth-order valence-electron chi connectivity index (χ4n) is 1.83. The first kappa shape index (κ1) is 14.0. The fourth-order valence-corrected chi connectivity index (χ4v) is 2.89. The highest BCUT2D eigenvalue weighted by molar-refractivity contribution is 9.10. The number of thiazole rings is 1. The van der Waals surface area contributed by atoms with Crippen LogP contribution in [0.15, 0.2) is 28.1 Å². The monoisotopic (exact) mass is 344 g/mol. The van der Waals surface area contributed by atoms with Gasteiger partial charge in [-0.25, -0.2) is 4.98 Å². The average molecular weight is 346 g/mol. The molecule has 0 fully saturated rings. The molecule has 1 unspecified atom stereocenters. The van der Waals surface area contributed by atoms with Gasteiger partial charge in [0.05, 0.1) is 15.7 Å². The molecule has 5 heteroatoms. The van der Waals surface area contributed by atoms with Crippen molar-refractivity contribution in [1.29, 1.82) is 0 Å². The van der Waals surface area contributed by atoms with E-state index in [1.54, 1.807) is 11.3 Å². The van der Waals surface area contributed by atoms with Gasteiger partial charge in [0.25, 0.3) is 0 Å². The SMILES string of the molecule is CNC(Cc1csc(C)n1)c1ccc(Br)c(Cl)c1. The van der Waals surface area contributed by atoms with Gasteiger partial charge >= 0.3 is 0 Å². The zero-order valence-electron chi connectivity index (χ0n) is 10.2. The summed E-state index contributed by atoms with van der Waals surface area (Å²) in [5.74, 6) is 0. The summed E-state index contributed by atoms with van der Waals surface area (Å²) >= 11 is 11.2. The summed E-state index contributed by atoms with van der Waals surface area (Å²) in [4.78, 5) is 4.50. The Morgan fingerprint density at radius 2 is 2.28 bits per heavy atom. The lowest BCUT2D eigenvalue weighted by Crippen LogP contribution is -2.19. The molecule has 2 aromatic rings. The average Bonchev–Trinajstić information content (AvgIpc) is 2.75. The van der Waals surface area contributed by atoms with E-state index < -0.39 is 0 Å². The molecule has 0 radical (unpaired) electrons. The first-order chi connectivity index (χ1) is 8.60. The minimum Gasteiger partial charge on any atom is -0.313 e. The van der Waals surface area contributed by atoms with E-state index >= 15 is 0 Å². The topological polar surface area (TPSA) is 24.9 Å². The molecule has 1 aromatic carbocycles. The molecule has 0 bridgehead atoms. The molecule has 0 spiro atoms. The molecular weight excluding hydrogens is 332 g/mol. The van der Waals surface area contributed by atoms with Crippen molar-refractivity contribution in [3.63, 3.8) is 0 Å². The molecule has 0 aliphatic rings. The molecule has 1 atom stereocenters. The molecule has 2 rings (SSSR count). The number of halogens is 2. The van der Waals surface area contributed by atoms with E-state index in [0.717, 1.165) is 26.6 Å². The van der Waals surface area contributed by atoms with Crippen molar-refractivity contribution < 1.29 is 0 Å². The minimum absolute atomic E-state index is 0.233. The van der Waals surface area contributed by atoms with Crippen molar-refractivity contribution in [2.45, 2.75) is 19.4 Å². The van der Waals surface area contributed by atoms with Crippen LogP contribution in [0.25, 0.3) is 0 Å². The first-order valence-electron chi connectivity index (χ1n) is 5.63. The van der Waals surface area contributed by atoms with Gasteiger partial charge < -0.3 is 5.32 Å². The maximum Gasteiger partial charge on any atom is 0.0897 e. The Bertz CT molecular complexity index is 542. The van der Waals surface area contributed by atoms with Gasteiger partial charge in [0, 0.05) is 22.3 Å². The zero-order valence-corrected chi connectivity index (χ0v) is 13.4. The van der Waals surface area contributed by atoms with Crippen molar-refractivity contribution in [1.82, 2.24) is 10.3 Å². The van der Waals surface area contributed by atoms with Gasteiger partial charge in [-0.3, -0.25) is 0 Å². The Hall–Kier alpha value is -0.420. The van der Waals surface area contributed by atoms with Crippen LogP contribution in [0.4, 0.5) is 0 Å². The van der Waals surface area contributed by atoms with Crippen LogP contribution in [-0.4, -0.2) is 12.0 Å². The van der Waals surface area contributed by atoms with Gasteiger partial charge in [-0.1, -0.05) is 17.7 Å². The lowest BCUT2D eigenvalue weighted by Gasteiger charge is -2.16. The summed E-state index contributed by atoms with van der Waals surface area (Å²) in [5, 5.41) is 7.27. The van der Waals surface area contributed by atoms with E-state index in [4.69, 9.17) is 11.6 Å². The van der Waals surface area contributed by atoms with Gasteiger partial charge in [-0.05, 0) is 47.6 Å². The Labute approximate surface area is 125 Å². The lowest BCUT2D eigenvalue weighted by atomic mass is 10.0. The molecule has 1 heterocycles. The van der Waals surface area contributed by atoms with Crippen LogP contribution in [-0.2, 0) is 6.42 Å². The molecule has 1 N–H and O–H groups in total. The largest absolute Gasteiger partial charge is 0.313 e. The van der Waals surface area contributed by atoms with Crippen LogP contribution < -0.4 is 5.32 Å². The molecule has 1 aromatic heterocycles. The highest BCUT2D eigenvalue weighted by Crippen LogP contribution is 2.27. The second kappa shape index (κ2) is 6.15. The van der Waals surface area contributed by atoms with Crippen molar-refractivity contribution in [2.24, 2.45) is 0 Å². The number of hydrogen-bond acceptors (Lipinski definition) is 3. The van der Waals surface area contributed by atoms with E-state index in [1.807, 2.05) is 26.1 Å². The smallest absolute Gasteiger partial charge is 0.0897 e. The van der Waals surface area contributed by atoms with Crippen LogP contribution in [0.3, 0.4) is 0 Å². The number of nitrogens with one attached hydrogen (secondary N) is 1. The van der Waals surface area contributed by atoms with Crippen LogP contribution in [0, 0.1) is 6.92 Å². The molecule has 0 amide bonds. The third kappa shape index (κ3) is 3.32. The normalized spacial score (nSPS) is 12.7. The predicted molar refractivity (Wildman–Crippen MR) is 81.5 cm³/mol. The van der Waals surface area contributed by atoms with Gasteiger partial charge in [0.1, 0.15) is 0 Å². The molecule has 0 saturated carbocycles. The summed E-state index contributed by atoms with van der Waals surface area (Å²) in [6, 6.07) is 6.29. The summed E-state index contributed by atoms with van der Waals surface area (Å²) in [5.41, 5.74) is 2.30. The van der Waals surface area contributed by atoms with E-state index in [-0.39, 0.29) is 6.04 Å². The molecule has 96 valence electrons. The quantitative estimate of drug-likeness (QED) is 0.890. The third-order valence-electron chi connectivity index (χ3n) is 2.77. The van der Waals surface area contributed by atoms with E-state index in [2.05, 4.69) is 37.7 Å². The number of aryl methyl sites for hydroxylation is 1. The van der Waals surface area contributed by atoms with Crippen molar-refractivity contribution >= 4 is 38.9 Å². The van der Waals surface area contributed by atoms with Crippen LogP contribution >= 0.6 is 38.9 Å². The Balaban J connectivity index is 2.19. The van der Waals surface area contributed by atoms with E-state index in [9.17, 15) is 0 Å². The predicted octanol–water partition coefficient (Wildman–Crippen LogP) is 4.37. The Morgan fingerprint density at radius 3 is 2.83 bits per heavy atom. The molecular formula is C13H14BrClN2S. The number of likely N-dealkylation sites (N-methyl/N-ethyl adjacent to an activating group) is 1. The summed E-state index contributed by atoms with van der Waals surface area (Å²) < 4.78 is 0.923. The number of nitrogens with zero attached hydrogens (tertiary/aromatic N) is 1. The highest BCUT2D eigenvalue weighted by atomic mass is 79.9. The number of hydrogen-bond donors (Lipinski definition) is 1. The van der Waals surface area contributed by atoms with E-state index in [0.29, 0.717) is 0 Å². The van der Waals surface area contributed by atoms with Crippen LogP contribution in [0.5, 0.6) is 0 Å². The number of benzene rings is 1. The summed E-state index contributed by atoms with van der Waals surface area (Å²) in [6.07, 6.45) is 0.874.